The van der Waals surface area contributed by atoms with Crippen LogP contribution in [0.4, 0.5) is 10.1 Å². The molecular weight excluding hydrogens is 470 g/mol. The van der Waals surface area contributed by atoms with Gasteiger partial charge in [-0.3, -0.25) is 9.79 Å². The lowest BCUT2D eigenvalue weighted by Gasteiger charge is -2.11. The Kier molecular flexibility index (Phi) is 10.5. The number of hydrogen-bond donors (Lipinski definition) is 3. The lowest BCUT2D eigenvalue weighted by atomic mass is 9.99. The first-order chi connectivity index (χ1) is 13.0. The minimum absolute atomic E-state index is 0. The number of nitrogens with zero attached hydrogens (tertiary/aromatic N) is 1. The summed E-state index contributed by atoms with van der Waals surface area (Å²) in [6.45, 7) is 5.12. The van der Waals surface area contributed by atoms with Crippen LogP contribution in [-0.2, 0) is 11.2 Å². The SMILES string of the molecule is CCC(C)c1ccc(NC(N)=NCCNC(=O)Cc2ccc(F)cc2)cc1.I. The van der Waals surface area contributed by atoms with E-state index in [9.17, 15) is 9.18 Å². The van der Waals surface area contributed by atoms with E-state index in [1.807, 2.05) is 12.1 Å². The van der Waals surface area contributed by atoms with E-state index >= 15 is 0 Å². The van der Waals surface area contributed by atoms with Gasteiger partial charge in [0.1, 0.15) is 5.82 Å². The van der Waals surface area contributed by atoms with Crippen LogP contribution in [0.15, 0.2) is 53.5 Å². The van der Waals surface area contributed by atoms with Gasteiger partial charge >= 0.3 is 0 Å². The van der Waals surface area contributed by atoms with Gasteiger partial charge in [0.2, 0.25) is 5.91 Å². The summed E-state index contributed by atoms with van der Waals surface area (Å²) in [4.78, 5) is 16.0. The van der Waals surface area contributed by atoms with Crippen LogP contribution in [0.5, 0.6) is 0 Å². The van der Waals surface area contributed by atoms with E-state index in [1.165, 1.54) is 17.7 Å². The van der Waals surface area contributed by atoms with Crippen molar-refractivity contribution in [3.05, 3.63) is 65.5 Å². The van der Waals surface area contributed by atoms with Gasteiger partial charge in [0.15, 0.2) is 5.96 Å². The van der Waals surface area contributed by atoms with E-state index in [1.54, 1.807) is 12.1 Å². The second-order valence-corrected chi connectivity index (χ2v) is 6.48. The van der Waals surface area contributed by atoms with Crippen LogP contribution in [-0.4, -0.2) is 25.0 Å². The third kappa shape index (κ3) is 8.24. The highest BCUT2D eigenvalue weighted by Crippen LogP contribution is 2.20. The maximum absolute atomic E-state index is 12.8. The molecule has 1 amide bonds. The van der Waals surface area contributed by atoms with E-state index in [2.05, 4.69) is 41.6 Å². The third-order valence-corrected chi connectivity index (χ3v) is 4.36. The average molecular weight is 498 g/mol. The summed E-state index contributed by atoms with van der Waals surface area (Å²) in [5.41, 5.74) is 8.81. The van der Waals surface area contributed by atoms with Gasteiger partial charge in [0, 0.05) is 12.2 Å². The fraction of sp³-hybridized carbons (Fsp3) is 0.333. The number of nitrogens with one attached hydrogen (secondary N) is 2. The molecule has 5 nitrogen and oxygen atoms in total. The van der Waals surface area contributed by atoms with Gasteiger partial charge in [-0.2, -0.15) is 0 Å². The summed E-state index contributed by atoms with van der Waals surface area (Å²) < 4.78 is 12.8. The summed E-state index contributed by atoms with van der Waals surface area (Å²) in [5.74, 6) is 0.387. The minimum Gasteiger partial charge on any atom is -0.370 e. The molecule has 0 saturated carbocycles. The molecule has 28 heavy (non-hydrogen) atoms. The Hall–Kier alpha value is -2.16. The quantitative estimate of drug-likeness (QED) is 0.223. The van der Waals surface area contributed by atoms with Gasteiger partial charge in [-0.05, 0) is 47.7 Å². The van der Waals surface area contributed by atoms with E-state index < -0.39 is 0 Å². The molecule has 1 unspecified atom stereocenters. The number of nitrogens with two attached hydrogens (primary N) is 1. The van der Waals surface area contributed by atoms with Crippen molar-refractivity contribution in [3.63, 3.8) is 0 Å². The first-order valence-corrected chi connectivity index (χ1v) is 9.16. The monoisotopic (exact) mass is 498 g/mol. The van der Waals surface area contributed by atoms with Crippen LogP contribution in [0.3, 0.4) is 0 Å². The number of benzene rings is 2. The fourth-order valence-corrected chi connectivity index (χ4v) is 2.54. The molecule has 0 aliphatic rings. The largest absolute Gasteiger partial charge is 0.370 e. The number of carbonyl (C=O) groups excluding carboxylic acids is 1. The first-order valence-electron chi connectivity index (χ1n) is 9.16. The highest BCUT2D eigenvalue weighted by molar-refractivity contribution is 14.0. The standard InChI is InChI=1S/C21H27FN4O.HI/c1-3-15(2)17-6-10-19(11-7-17)26-21(23)25-13-12-24-20(27)14-16-4-8-18(22)9-5-16;/h4-11,15H,3,12-14H2,1-2H3,(H,24,27)(H3,23,25,26);1H. The summed E-state index contributed by atoms with van der Waals surface area (Å²) in [5, 5.41) is 5.81. The zero-order valence-corrected chi connectivity index (χ0v) is 18.6. The number of aliphatic imine (C=N–C) groups is 1. The fourth-order valence-electron chi connectivity index (χ4n) is 2.54. The maximum atomic E-state index is 12.8. The zero-order valence-electron chi connectivity index (χ0n) is 16.2. The molecule has 0 aromatic heterocycles. The topological polar surface area (TPSA) is 79.5 Å². The Bertz CT molecular complexity index is 763. The molecule has 2 aromatic rings. The number of rotatable bonds is 8. The van der Waals surface area contributed by atoms with E-state index in [4.69, 9.17) is 5.73 Å². The number of guanidine groups is 1. The van der Waals surface area contributed by atoms with Crippen molar-refractivity contribution in [1.29, 1.82) is 0 Å². The minimum atomic E-state index is -0.314. The predicted octanol–water partition coefficient (Wildman–Crippen LogP) is 4.04. The summed E-state index contributed by atoms with van der Waals surface area (Å²) in [6.07, 6.45) is 1.31. The van der Waals surface area contributed by atoms with Gasteiger partial charge in [0.05, 0.1) is 13.0 Å². The van der Waals surface area contributed by atoms with Gasteiger partial charge in [-0.25, -0.2) is 4.39 Å². The number of halogens is 2. The molecule has 4 N–H and O–H groups in total. The lowest BCUT2D eigenvalue weighted by molar-refractivity contribution is -0.120. The van der Waals surface area contributed by atoms with Gasteiger partial charge in [-0.15, -0.1) is 24.0 Å². The van der Waals surface area contributed by atoms with Crippen LogP contribution < -0.4 is 16.4 Å². The molecule has 0 aliphatic carbocycles. The summed E-state index contributed by atoms with van der Waals surface area (Å²) in [7, 11) is 0. The van der Waals surface area contributed by atoms with Crippen molar-refractivity contribution in [3.8, 4) is 0 Å². The molecule has 1 atom stereocenters. The first kappa shape index (κ1) is 23.9. The molecule has 7 heteroatoms. The van der Waals surface area contributed by atoms with Crippen molar-refractivity contribution in [1.82, 2.24) is 5.32 Å². The van der Waals surface area contributed by atoms with Crippen molar-refractivity contribution < 1.29 is 9.18 Å². The Morgan fingerprint density at radius 2 is 1.79 bits per heavy atom. The Morgan fingerprint density at radius 3 is 2.39 bits per heavy atom. The molecule has 0 aliphatic heterocycles. The molecule has 0 heterocycles. The molecule has 0 fully saturated rings. The van der Waals surface area contributed by atoms with Crippen LogP contribution in [0, 0.1) is 5.82 Å². The summed E-state index contributed by atoms with van der Waals surface area (Å²) >= 11 is 0. The third-order valence-electron chi connectivity index (χ3n) is 4.36. The van der Waals surface area contributed by atoms with Gasteiger partial charge < -0.3 is 16.4 Å². The Morgan fingerprint density at radius 1 is 1.14 bits per heavy atom. The maximum Gasteiger partial charge on any atom is 0.224 e. The number of hydrogen-bond acceptors (Lipinski definition) is 2. The normalized spacial score (nSPS) is 12.0. The molecule has 2 aromatic carbocycles. The molecular formula is C21H28FIN4O. The zero-order chi connectivity index (χ0) is 19.6. The van der Waals surface area contributed by atoms with Crippen molar-refractivity contribution in [2.24, 2.45) is 10.7 Å². The number of anilines is 1. The van der Waals surface area contributed by atoms with Gasteiger partial charge in [0.25, 0.3) is 0 Å². The van der Waals surface area contributed by atoms with Crippen LogP contribution in [0.2, 0.25) is 0 Å². The van der Waals surface area contributed by atoms with E-state index in [-0.39, 0.29) is 42.1 Å². The molecule has 152 valence electrons. The molecule has 2 rings (SSSR count). The van der Waals surface area contributed by atoms with Crippen molar-refractivity contribution in [2.45, 2.75) is 32.6 Å². The molecule has 0 bridgehead atoms. The van der Waals surface area contributed by atoms with Crippen LogP contribution >= 0.6 is 24.0 Å². The number of carbonyl (C=O) groups is 1. The van der Waals surface area contributed by atoms with Crippen molar-refractivity contribution in [2.75, 3.05) is 18.4 Å². The smallest absolute Gasteiger partial charge is 0.224 e. The Balaban J connectivity index is 0.00000392. The van der Waals surface area contributed by atoms with Crippen LogP contribution in [0.1, 0.15) is 37.3 Å². The van der Waals surface area contributed by atoms with Gasteiger partial charge in [-0.1, -0.05) is 38.1 Å². The van der Waals surface area contributed by atoms with Crippen molar-refractivity contribution >= 4 is 41.5 Å². The number of amides is 1. The lowest BCUT2D eigenvalue weighted by Crippen LogP contribution is -2.29. The summed E-state index contributed by atoms with van der Waals surface area (Å²) in [6, 6.07) is 14.0. The Labute approximate surface area is 183 Å². The van der Waals surface area contributed by atoms with Crippen LogP contribution in [0.25, 0.3) is 0 Å². The van der Waals surface area contributed by atoms with E-state index in [0.29, 0.717) is 25.0 Å². The average Bonchev–Trinajstić information content (AvgIpc) is 2.67. The highest BCUT2D eigenvalue weighted by atomic mass is 127. The second-order valence-electron chi connectivity index (χ2n) is 6.48. The highest BCUT2D eigenvalue weighted by Gasteiger charge is 2.04. The molecule has 0 saturated heterocycles. The molecule has 0 spiro atoms. The van der Waals surface area contributed by atoms with E-state index in [0.717, 1.165) is 17.7 Å². The second kappa shape index (κ2) is 12.3. The predicted molar refractivity (Wildman–Crippen MR) is 124 cm³/mol. The molecule has 0 radical (unpaired) electrons.